The van der Waals surface area contributed by atoms with Crippen molar-refractivity contribution in [2.75, 3.05) is 5.43 Å². The van der Waals surface area contributed by atoms with Gasteiger partial charge in [0.1, 0.15) is 0 Å². The molecule has 4 nitrogen and oxygen atoms in total. The van der Waals surface area contributed by atoms with Crippen molar-refractivity contribution < 1.29 is 0 Å². The molecular formula is C8H7ClN4. The SMILES string of the molecule is NNc1c(Cl)nnc2ccccc12. The standard InChI is InChI=1S/C8H7ClN4/c9-8-7(11-10)5-3-1-2-4-6(5)12-13-8/h1-4H,10H2,(H,11,12). The minimum absolute atomic E-state index is 0.279. The number of fused-ring (bicyclic) bond motifs is 1. The molecule has 0 aliphatic rings. The number of halogens is 1. The van der Waals surface area contributed by atoms with E-state index in [1.807, 2.05) is 24.3 Å². The predicted octanol–water partition coefficient (Wildman–Crippen LogP) is 1.57. The largest absolute Gasteiger partial charge is 0.321 e. The summed E-state index contributed by atoms with van der Waals surface area (Å²) < 4.78 is 0. The molecule has 0 bridgehead atoms. The molecule has 0 aliphatic carbocycles. The van der Waals surface area contributed by atoms with E-state index in [0.717, 1.165) is 10.9 Å². The number of hydrazine groups is 1. The summed E-state index contributed by atoms with van der Waals surface area (Å²) in [6.07, 6.45) is 0. The number of hydrogen-bond donors (Lipinski definition) is 2. The van der Waals surface area contributed by atoms with E-state index >= 15 is 0 Å². The fraction of sp³-hybridized carbons (Fsp3) is 0. The second kappa shape index (κ2) is 3.16. The van der Waals surface area contributed by atoms with E-state index in [4.69, 9.17) is 17.4 Å². The smallest absolute Gasteiger partial charge is 0.176 e. The number of nitrogens with zero attached hydrogens (tertiary/aromatic N) is 2. The van der Waals surface area contributed by atoms with Gasteiger partial charge >= 0.3 is 0 Å². The molecule has 0 saturated carbocycles. The van der Waals surface area contributed by atoms with Crippen LogP contribution in [-0.2, 0) is 0 Å². The van der Waals surface area contributed by atoms with Gasteiger partial charge < -0.3 is 5.43 Å². The topological polar surface area (TPSA) is 63.8 Å². The molecule has 0 amide bonds. The van der Waals surface area contributed by atoms with E-state index in [1.165, 1.54) is 0 Å². The summed E-state index contributed by atoms with van der Waals surface area (Å²) in [6, 6.07) is 7.50. The highest BCUT2D eigenvalue weighted by Crippen LogP contribution is 2.25. The minimum Gasteiger partial charge on any atom is -0.321 e. The third kappa shape index (κ3) is 1.30. The lowest BCUT2D eigenvalue weighted by molar-refractivity contribution is 1.07. The summed E-state index contributed by atoms with van der Waals surface area (Å²) >= 11 is 5.79. The Labute approximate surface area is 79.7 Å². The summed E-state index contributed by atoms with van der Waals surface area (Å²) in [5.41, 5.74) is 3.87. The van der Waals surface area contributed by atoms with Gasteiger partial charge in [0.05, 0.1) is 11.2 Å². The van der Waals surface area contributed by atoms with Crippen LogP contribution in [-0.4, -0.2) is 10.2 Å². The lowest BCUT2D eigenvalue weighted by Gasteiger charge is -2.04. The van der Waals surface area contributed by atoms with Crippen LogP contribution in [0.15, 0.2) is 24.3 Å². The van der Waals surface area contributed by atoms with Gasteiger partial charge in [0, 0.05) is 5.39 Å². The summed E-state index contributed by atoms with van der Waals surface area (Å²) in [4.78, 5) is 0. The molecule has 0 aliphatic heterocycles. The van der Waals surface area contributed by atoms with E-state index in [-0.39, 0.29) is 5.15 Å². The molecule has 1 heterocycles. The van der Waals surface area contributed by atoms with Crippen LogP contribution in [0.3, 0.4) is 0 Å². The number of aromatic nitrogens is 2. The first-order chi connectivity index (χ1) is 6.33. The quantitative estimate of drug-likeness (QED) is 0.534. The Hall–Kier alpha value is -1.39. The van der Waals surface area contributed by atoms with E-state index in [9.17, 15) is 0 Å². The van der Waals surface area contributed by atoms with Gasteiger partial charge in [-0.25, -0.2) is 0 Å². The van der Waals surface area contributed by atoms with Crippen LogP contribution >= 0.6 is 11.6 Å². The third-order valence-electron chi connectivity index (χ3n) is 1.77. The van der Waals surface area contributed by atoms with Crippen molar-refractivity contribution in [1.82, 2.24) is 10.2 Å². The number of nitrogen functional groups attached to an aromatic ring is 1. The fourth-order valence-electron chi connectivity index (χ4n) is 1.17. The monoisotopic (exact) mass is 194 g/mol. The Bertz CT molecular complexity index is 443. The molecule has 66 valence electrons. The number of nitrogens with two attached hydrogens (primary N) is 1. The van der Waals surface area contributed by atoms with Crippen LogP contribution in [0.5, 0.6) is 0 Å². The van der Waals surface area contributed by atoms with E-state index in [1.54, 1.807) is 0 Å². The van der Waals surface area contributed by atoms with Gasteiger partial charge in [-0.3, -0.25) is 5.84 Å². The van der Waals surface area contributed by atoms with Gasteiger partial charge in [0.15, 0.2) is 5.15 Å². The molecule has 0 spiro atoms. The van der Waals surface area contributed by atoms with E-state index < -0.39 is 0 Å². The zero-order valence-electron chi connectivity index (χ0n) is 6.66. The lowest BCUT2D eigenvalue weighted by Crippen LogP contribution is -2.08. The highest BCUT2D eigenvalue weighted by molar-refractivity contribution is 6.33. The van der Waals surface area contributed by atoms with Crippen molar-refractivity contribution in [2.24, 2.45) is 5.84 Å². The maximum atomic E-state index is 5.79. The second-order valence-electron chi connectivity index (χ2n) is 2.53. The van der Waals surface area contributed by atoms with E-state index in [2.05, 4.69) is 15.6 Å². The first-order valence-corrected chi connectivity index (χ1v) is 4.08. The molecule has 3 N–H and O–H groups in total. The van der Waals surface area contributed by atoms with Gasteiger partial charge in [-0.1, -0.05) is 29.8 Å². The zero-order valence-corrected chi connectivity index (χ0v) is 7.42. The highest BCUT2D eigenvalue weighted by Gasteiger charge is 2.05. The van der Waals surface area contributed by atoms with Crippen molar-refractivity contribution in [2.45, 2.75) is 0 Å². The van der Waals surface area contributed by atoms with Crippen molar-refractivity contribution in [3.05, 3.63) is 29.4 Å². The van der Waals surface area contributed by atoms with Crippen LogP contribution in [0.1, 0.15) is 0 Å². The van der Waals surface area contributed by atoms with Gasteiger partial charge in [0.2, 0.25) is 0 Å². The first-order valence-electron chi connectivity index (χ1n) is 3.70. The molecule has 0 unspecified atom stereocenters. The lowest BCUT2D eigenvalue weighted by atomic mass is 10.2. The second-order valence-corrected chi connectivity index (χ2v) is 2.89. The number of anilines is 1. The molecule has 1 aromatic carbocycles. The molecular weight excluding hydrogens is 188 g/mol. The zero-order chi connectivity index (χ0) is 9.26. The van der Waals surface area contributed by atoms with Gasteiger partial charge in [0.25, 0.3) is 0 Å². The third-order valence-corrected chi connectivity index (χ3v) is 2.03. The Morgan fingerprint density at radius 1 is 1.23 bits per heavy atom. The minimum atomic E-state index is 0.279. The average molecular weight is 195 g/mol. The predicted molar refractivity (Wildman–Crippen MR) is 52.4 cm³/mol. The van der Waals surface area contributed by atoms with Crippen LogP contribution in [0.25, 0.3) is 10.9 Å². The Balaban J connectivity index is 2.84. The van der Waals surface area contributed by atoms with E-state index in [0.29, 0.717) is 5.69 Å². The van der Waals surface area contributed by atoms with Crippen molar-refractivity contribution >= 4 is 28.2 Å². The normalized spacial score (nSPS) is 10.3. The van der Waals surface area contributed by atoms with Crippen LogP contribution < -0.4 is 11.3 Å². The van der Waals surface area contributed by atoms with Crippen LogP contribution in [0.4, 0.5) is 5.69 Å². The van der Waals surface area contributed by atoms with Crippen molar-refractivity contribution in [1.29, 1.82) is 0 Å². The van der Waals surface area contributed by atoms with Crippen molar-refractivity contribution in [3.8, 4) is 0 Å². The van der Waals surface area contributed by atoms with Gasteiger partial charge in [-0.05, 0) is 6.07 Å². The molecule has 2 aromatic rings. The Kier molecular flexibility index (Phi) is 2.00. The molecule has 0 radical (unpaired) electrons. The number of nitrogens with one attached hydrogen (secondary N) is 1. The summed E-state index contributed by atoms with van der Waals surface area (Å²) in [6.45, 7) is 0. The summed E-state index contributed by atoms with van der Waals surface area (Å²) in [5, 5.41) is 8.81. The molecule has 2 rings (SSSR count). The first kappa shape index (κ1) is 8.22. The van der Waals surface area contributed by atoms with Gasteiger partial charge in [-0.15, -0.1) is 10.2 Å². The molecule has 0 saturated heterocycles. The Morgan fingerprint density at radius 3 is 2.77 bits per heavy atom. The summed E-state index contributed by atoms with van der Waals surface area (Å²) in [7, 11) is 0. The summed E-state index contributed by atoms with van der Waals surface area (Å²) in [5.74, 6) is 5.31. The Morgan fingerprint density at radius 2 is 2.00 bits per heavy atom. The fourth-order valence-corrected chi connectivity index (χ4v) is 1.36. The molecule has 13 heavy (non-hydrogen) atoms. The highest BCUT2D eigenvalue weighted by atomic mass is 35.5. The van der Waals surface area contributed by atoms with Crippen LogP contribution in [0, 0.1) is 0 Å². The number of benzene rings is 1. The number of rotatable bonds is 1. The maximum absolute atomic E-state index is 5.79. The maximum Gasteiger partial charge on any atom is 0.176 e. The molecule has 0 fully saturated rings. The molecule has 5 heteroatoms. The number of hydrogen-bond acceptors (Lipinski definition) is 4. The van der Waals surface area contributed by atoms with Gasteiger partial charge in [-0.2, -0.15) is 0 Å². The van der Waals surface area contributed by atoms with Crippen molar-refractivity contribution in [3.63, 3.8) is 0 Å². The molecule has 1 aromatic heterocycles. The molecule has 0 atom stereocenters. The van der Waals surface area contributed by atoms with Crippen LogP contribution in [0.2, 0.25) is 5.15 Å². The average Bonchev–Trinajstić information content (AvgIpc) is 2.18.